The standard InChI is InChI=1S/C23H22N2O3S/c1-16-6-3-4-9-21(16)23(27)25-17-10-12-20(13-11-17)29-15-22(26)24-18-7-5-8-19(14-18)28-2/h3-14H,15H2,1-2H3,(H,24,26)(H,25,27). The number of methoxy groups -OCH3 is 1. The Balaban J connectivity index is 1.52. The lowest BCUT2D eigenvalue weighted by atomic mass is 10.1. The Labute approximate surface area is 174 Å². The number of aryl methyl sites for hydroxylation is 1. The largest absolute Gasteiger partial charge is 0.497 e. The minimum atomic E-state index is -0.138. The lowest BCUT2D eigenvalue weighted by Crippen LogP contribution is -2.14. The van der Waals surface area contributed by atoms with Crippen LogP contribution in [0.4, 0.5) is 11.4 Å². The van der Waals surface area contributed by atoms with E-state index < -0.39 is 0 Å². The number of benzene rings is 3. The van der Waals surface area contributed by atoms with Crippen molar-refractivity contribution in [1.82, 2.24) is 0 Å². The van der Waals surface area contributed by atoms with Crippen LogP contribution in [-0.4, -0.2) is 24.7 Å². The van der Waals surface area contributed by atoms with E-state index in [1.807, 2.05) is 67.6 Å². The fourth-order valence-electron chi connectivity index (χ4n) is 2.71. The van der Waals surface area contributed by atoms with E-state index >= 15 is 0 Å². The van der Waals surface area contributed by atoms with Crippen molar-refractivity contribution >= 4 is 35.0 Å². The number of thioether (sulfide) groups is 1. The van der Waals surface area contributed by atoms with Crippen LogP contribution in [-0.2, 0) is 4.79 Å². The van der Waals surface area contributed by atoms with Gasteiger partial charge in [-0.25, -0.2) is 0 Å². The molecular formula is C23H22N2O3S. The SMILES string of the molecule is COc1cccc(NC(=O)CSc2ccc(NC(=O)c3ccccc3C)cc2)c1. The van der Waals surface area contributed by atoms with Crippen molar-refractivity contribution in [1.29, 1.82) is 0 Å². The van der Waals surface area contributed by atoms with Gasteiger partial charge in [0.05, 0.1) is 12.9 Å². The van der Waals surface area contributed by atoms with E-state index in [-0.39, 0.29) is 17.6 Å². The van der Waals surface area contributed by atoms with Crippen LogP contribution < -0.4 is 15.4 Å². The number of nitrogens with one attached hydrogen (secondary N) is 2. The number of anilines is 2. The van der Waals surface area contributed by atoms with Gasteiger partial charge in [-0.15, -0.1) is 11.8 Å². The van der Waals surface area contributed by atoms with Crippen molar-refractivity contribution < 1.29 is 14.3 Å². The molecule has 0 radical (unpaired) electrons. The van der Waals surface area contributed by atoms with Gasteiger partial charge in [0.2, 0.25) is 5.91 Å². The molecule has 2 amide bonds. The summed E-state index contributed by atoms with van der Waals surface area (Å²) in [5.74, 6) is 0.742. The van der Waals surface area contributed by atoms with E-state index in [0.29, 0.717) is 22.7 Å². The molecule has 6 heteroatoms. The van der Waals surface area contributed by atoms with Crippen LogP contribution in [0.25, 0.3) is 0 Å². The van der Waals surface area contributed by atoms with E-state index in [4.69, 9.17) is 4.74 Å². The maximum absolute atomic E-state index is 12.4. The summed E-state index contributed by atoms with van der Waals surface area (Å²) < 4.78 is 5.15. The normalized spacial score (nSPS) is 10.3. The summed E-state index contributed by atoms with van der Waals surface area (Å²) in [6.07, 6.45) is 0. The monoisotopic (exact) mass is 406 g/mol. The summed E-state index contributed by atoms with van der Waals surface area (Å²) in [5, 5.41) is 5.75. The second kappa shape index (κ2) is 9.80. The molecule has 0 aliphatic carbocycles. The molecule has 0 unspecified atom stereocenters. The summed E-state index contributed by atoms with van der Waals surface area (Å²) in [7, 11) is 1.59. The first kappa shape index (κ1) is 20.5. The molecule has 0 heterocycles. The fourth-order valence-corrected chi connectivity index (χ4v) is 3.41. The van der Waals surface area contributed by atoms with Crippen LogP contribution in [0.2, 0.25) is 0 Å². The van der Waals surface area contributed by atoms with Gasteiger partial charge in [0.25, 0.3) is 5.91 Å². The third-order valence-corrected chi connectivity index (χ3v) is 5.24. The van der Waals surface area contributed by atoms with Gasteiger partial charge >= 0.3 is 0 Å². The maximum Gasteiger partial charge on any atom is 0.255 e. The average Bonchev–Trinajstić information content (AvgIpc) is 2.73. The van der Waals surface area contributed by atoms with Crippen molar-refractivity contribution in [2.75, 3.05) is 23.5 Å². The molecule has 0 bridgehead atoms. The smallest absolute Gasteiger partial charge is 0.255 e. The van der Waals surface area contributed by atoms with Crippen LogP contribution in [0, 0.1) is 6.92 Å². The number of carbonyl (C=O) groups is 2. The average molecular weight is 407 g/mol. The summed E-state index contributed by atoms with van der Waals surface area (Å²) in [4.78, 5) is 25.5. The van der Waals surface area contributed by atoms with E-state index in [1.54, 1.807) is 19.2 Å². The number of carbonyl (C=O) groups excluding carboxylic acids is 2. The zero-order valence-corrected chi connectivity index (χ0v) is 17.1. The van der Waals surface area contributed by atoms with Gasteiger partial charge in [0, 0.05) is 27.9 Å². The molecule has 0 spiro atoms. The Kier molecular flexibility index (Phi) is 6.92. The first-order valence-corrected chi connectivity index (χ1v) is 10.1. The van der Waals surface area contributed by atoms with Gasteiger partial charge < -0.3 is 15.4 Å². The molecule has 29 heavy (non-hydrogen) atoms. The molecule has 0 fully saturated rings. The predicted octanol–water partition coefficient (Wildman–Crippen LogP) is 4.99. The first-order valence-electron chi connectivity index (χ1n) is 9.09. The van der Waals surface area contributed by atoms with Crippen molar-refractivity contribution in [2.45, 2.75) is 11.8 Å². The van der Waals surface area contributed by atoms with Crippen LogP contribution in [0.3, 0.4) is 0 Å². The highest BCUT2D eigenvalue weighted by Crippen LogP contribution is 2.22. The molecule has 0 saturated carbocycles. The summed E-state index contributed by atoms with van der Waals surface area (Å²) >= 11 is 1.43. The molecule has 0 aliphatic heterocycles. The van der Waals surface area contributed by atoms with Crippen molar-refractivity contribution in [3.05, 3.63) is 83.9 Å². The van der Waals surface area contributed by atoms with Gasteiger partial charge in [0.15, 0.2) is 0 Å². The maximum atomic E-state index is 12.4. The first-order chi connectivity index (χ1) is 14.0. The Morgan fingerprint density at radius 1 is 0.897 bits per heavy atom. The highest BCUT2D eigenvalue weighted by atomic mass is 32.2. The van der Waals surface area contributed by atoms with Crippen LogP contribution in [0.1, 0.15) is 15.9 Å². The third kappa shape index (κ3) is 5.86. The Morgan fingerprint density at radius 2 is 1.66 bits per heavy atom. The third-order valence-electron chi connectivity index (χ3n) is 4.23. The molecule has 5 nitrogen and oxygen atoms in total. The van der Waals surface area contributed by atoms with Gasteiger partial charge in [-0.1, -0.05) is 24.3 Å². The fraction of sp³-hybridized carbons (Fsp3) is 0.130. The lowest BCUT2D eigenvalue weighted by Gasteiger charge is -2.09. The molecule has 2 N–H and O–H groups in total. The van der Waals surface area contributed by atoms with Gasteiger partial charge in [-0.05, 0) is 55.0 Å². The van der Waals surface area contributed by atoms with Crippen molar-refractivity contribution in [2.24, 2.45) is 0 Å². The number of rotatable bonds is 7. The van der Waals surface area contributed by atoms with E-state index in [9.17, 15) is 9.59 Å². The number of hydrogen-bond donors (Lipinski definition) is 2. The van der Waals surface area contributed by atoms with Crippen LogP contribution >= 0.6 is 11.8 Å². The minimum absolute atomic E-state index is 0.0971. The molecule has 0 aromatic heterocycles. The van der Waals surface area contributed by atoms with Gasteiger partial charge in [-0.3, -0.25) is 9.59 Å². The Morgan fingerprint density at radius 3 is 2.38 bits per heavy atom. The predicted molar refractivity (Wildman–Crippen MR) is 118 cm³/mol. The number of hydrogen-bond acceptors (Lipinski definition) is 4. The molecule has 148 valence electrons. The summed E-state index contributed by atoms with van der Waals surface area (Å²) in [6.45, 7) is 1.91. The number of amides is 2. The second-order valence-electron chi connectivity index (χ2n) is 6.36. The highest BCUT2D eigenvalue weighted by Gasteiger charge is 2.09. The molecule has 0 saturated heterocycles. The molecule has 0 aliphatic rings. The summed E-state index contributed by atoms with van der Waals surface area (Å²) in [5.41, 5.74) is 2.99. The lowest BCUT2D eigenvalue weighted by molar-refractivity contribution is -0.113. The zero-order valence-electron chi connectivity index (χ0n) is 16.3. The quantitative estimate of drug-likeness (QED) is 0.543. The minimum Gasteiger partial charge on any atom is -0.497 e. The molecule has 3 rings (SSSR count). The van der Waals surface area contributed by atoms with Crippen molar-refractivity contribution in [3.63, 3.8) is 0 Å². The molecular weight excluding hydrogens is 384 g/mol. The Bertz CT molecular complexity index is 1000. The topological polar surface area (TPSA) is 67.4 Å². The zero-order chi connectivity index (χ0) is 20.6. The molecule has 0 atom stereocenters. The number of ether oxygens (including phenoxy) is 1. The highest BCUT2D eigenvalue weighted by molar-refractivity contribution is 8.00. The molecule has 3 aromatic rings. The summed E-state index contributed by atoms with van der Waals surface area (Å²) in [6, 6.07) is 22.1. The molecule has 3 aromatic carbocycles. The van der Waals surface area contributed by atoms with Gasteiger partial charge in [-0.2, -0.15) is 0 Å². The van der Waals surface area contributed by atoms with E-state index in [2.05, 4.69) is 10.6 Å². The van der Waals surface area contributed by atoms with Crippen LogP contribution in [0.5, 0.6) is 5.75 Å². The van der Waals surface area contributed by atoms with Crippen LogP contribution in [0.15, 0.2) is 77.7 Å². The van der Waals surface area contributed by atoms with E-state index in [1.165, 1.54) is 11.8 Å². The van der Waals surface area contributed by atoms with Crippen molar-refractivity contribution in [3.8, 4) is 5.75 Å². The Hall–Kier alpha value is -3.25. The van der Waals surface area contributed by atoms with Gasteiger partial charge in [0.1, 0.15) is 5.75 Å². The van der Waals surface area contributed by atoms with E-state index in [0.717, 1.165) is 10.5 Å². The second-order valence-corrected chi connectivity index (χ2v) is 7.41.